The maximum Gasteiger partial charge on any atom is 0.319 e. The van der Waals surface area contributed by atoms with Crippen LogP contribution in [0, 0.1) is 0 Å². The van der Waals surface area contributed by atoms with Gasteiger partial charge in [-0.05, 0) is 23.8 Å². The van der Waals surface area contributed by atoms with Gasteiger partial charge in [0.15, 0.2) is 0 Å². The van der Waals surface area contributed by atoms with Crippen LogP contribution in [0.25, 0.3) is 11.3 Å². The number of urea groups is 1. The second-order valence-electron chi connectivity index (χ2n) is 4.73. The lowest BCUT2D eigenvalue weighted by Crippen LogP contribution is -2.31. The number of carbonyl (C=O) groups excluding carboxylic acids is 1. The maximum absolute atomic E-state index is 11.8. The van der Waals surface area contributed by atoms with E-state index in [9.17, 15) is 4.79 Å². The van der Waals surface area contributed by atoms with E-state index in [1.54, 1.807) is 18.7 Å². The number of amides is 2. The Hall–Kier alpha value is -3.09. The van der Waals surface area contributed by atoms with Crippen LogP contribution in [0.2, 0.25) is 0 Å². The maximum atomic E-state index is 11.8. The molecule has 0 bridgehead atoms. The van der Waals surface area contributed by atoms with Gasteiger partial charge in [-0.1, -0.05) is 12.1 Å². The first kappa shape index (κ1) is 13.9. The van der Waals surface area contributed by atoms with E-state index in [0.717, 1.165) is 16.9 Å². The molecule has 0 saturated carbocycles. The SMILES string of the molecule is O=C(NCCn1ccnc1)Nc1ccc(-c2ccn[nH]2)cc1. The minimum Gasteiger partial charge on any atom is -0.336 e. The number of nitrogens with one attached hydrogen (secondary N) is 3. The van der Waals surface area contributed by atoms with Crippen LogP contribution in [-0.4, -0.2) is 32.3 Å². The van der Waals surface area contributed by atoms with Gasteiger partial charge in [-0.25, -0.2) is 9.78 Å². The Kier molecular flexibility index (Phi) is 4.15. The monoisotopic (exact) mass is 296 g/mol. The van der Waals surface area contributed by atoms with E-state index in [-0.39, 0.29) is 6.03 Å². The molecule has 0 aliphatic carbocycles. The molecule has 0 unspecified atom stereocenters. The second-order valence-corrected chi connectivity index (χ2v) is 4.73. The summed E-state index contributed by atoms with van der Waals surface area (Å²) >= 11 is 0. The van der Waals surface area contributed by atoms with Crippen LogP contribution in [-0.2, 0) is 6.54 Å². The smallest absolute Gasteiger partial charge is 0.319 e. The van der Waals surface area contributed by atoms with Crippen LogP contribution in [0.4, 0.5) is 10.5 Å². The van der Waals surface area contributed by atoms with Crippen LogP contribution < -0.4 is 10.6 Å². The van der Waals surface area contributed by atoms with Crippen molar-refractivity contribution in [3.8, 4) is 11.3 Å². The molecule has 0 saturated heterocycles. The summed E-state index contributed by atoms with van der Waals surface area (Å²) in [6.45, 7) is 1.22. The largest absolute Gasteiger partial charge is 0.336 e. The average molecular weight is 296 g/mol. The third kappa shape index (κ3) is 3.51. The van der Waals surface area contributed by atoms with Crippen LogP contribution in [0.1, 0.15) is 0 Å². The van der Waals surface area contributed by atoms with Crippen molar-refractivity contribution in [2.24, 2.45) is 0 Å². The number of carbonyl (C=O) groups is 1. The van der Waals surface area contributed by atoms with Gasteiger partial charge in [0.2, 0.25) is 0 Å². The molecule has 0 spiro atoms. The average Bonchev–Trinajstić information content (AvgIpc) is 3.21. The highest BCUT2D eigenvalue weighted by Gasteiger charge is 2.02. The number of aromatic nitrogens is 4. The van der Waals surface area contributed by atoms with Crippen LogP contribution >= 0.6 is 0 Å². The quantitative estimate of drug-likeness (QED) is 0.673. The molecular weight excluding hydrogens is 280 g/mol. The molecule has 2 aromatic heterocycles. The number of imidazole rings is 1. The van der Waals surface area contributed by atoms with Crippen molar-refractivity contribution < 1.29 is 4.79 Å². The first-order valence-electron chi connectivity index (χ1n) is 6.92. The zero-order valence-corrected chi connectivity index (χ0v) is 11.9. The van der Waals surface area contributed by atoms with Crippen LogP contribution in [0.15, 0.2) is 55.2 Å². The first-order chi connectivity index (χ1) is 10.8. The van der Waals surface area contributed by atoms with E-state index in [1.807, 2.05) is 41.1 Å². The summed E-state index contributed by atoms with van der Waals surface area (Å²) in [6.07, 6.45) is 6.98. The summed E-state index contributed by atoms with van der Waals surface area (Å²) in [5.41, 5.74) is 2.70. The first-order valence-corrected chi connectivity index (χ1v) is 6.92. The van der Waals surface area contributed by atoms with Gasteiger partial charge in [-0.2, -0.15) is 5.10 Å². The number of rotatable bonds is 5. The summed E-state index contributed by atoms with van der Waals surface area (Å²) in [7, 11) is 0. The van der Waals surface area contributed by atoms with E-state index in [4.69, 9.17) is 0 Å². The van der Waals surface area contributed by atoms with Crippen molar-refractivity contribution >= 4 is 11.7 Å². The normalized spacial score (nSPS) is 10.4. The Labute approximate surface area is 127 Å². The van der Waals surface area contributed by atoms with Gasteiger partial charge in [0.1, 0.15) is 0 Å². The summed E-state index contributed by atoms with van der Waals surface area (Å²) in [5.74, 6) is 0. The topological polar surface area (TPSA) is 87.6 Å². The number of hydrogen-bond acceptors (Lipinski definition) is 3. The fraction of sp³-hybridized carbons (Fsp3) is 0.133. The number of aromatic amines is 1. The van der Waals surface area contributed by atoms with Crippen molar-refractivity contribution in [3.05, 3.63) is 55.2 Å². The van der Waals surface area contributed by atoms with Gasteiger partial charge >= 0.3 is 6.03 Å². The predicted molar refractivity (Wildman–Crippen MR) is 83.3 cm³/mol. The third-order valence-corrected chi connectivity index (χ3v) is 3.17. The van der Waals surface area contributed by atoms with E-state index < -0.39 is 0 Å². The van der Waals surface area contributed by atoms with E-state index in [2.05, 4.69) is 25.8 Å². The lowest BCUT2D eigenvalue weighted by molar-refractivity contribution is 0.251. The van der Waals surface area contributed by atoms with Crippen molar-refractivity contribution in [1.29, 1.82) is 0 Å². The molecule has 7 nitrogen and oxygen atoms in total. The predicted octanol–water partition coefficient (Wildman–Crippen LogP) is 2.09. The molecule has 3 aromatic rings. The molecule has 0 fully saturated rings. The third-order valence-electron chi connectivity index (χ3n) is 3.17. The molecule has 7 heteroatoms. The summed E-state index contributed by atoms with van der Waals surface area (Å²) < 4.78 is 1.90. The highest BCUT2D eigenvalue weighted by atomic mass is 16.2. The van der Waals surface area contributed by atoms with E-state index in [1.165, 1.54) is 0 Å². The van der Waals surface area contributed by atoms with E-state index >= 15 is 0 Å². The molecule has 1 aromatic carbocycles. The molecule has 2 heterocycles. The van der Waals surface area contributed by atoms with Crippen molar-refractivity contribution in [3.63, 3.8) is 0 Å². The number of nitrogens with zero attached hydrogens (tertiary/aromatic N) is 3. The number of benzene rings is 1. The zero-order chi connectivity index (χ0) is 15.2. The summed E-state index contributed by atoms with van der Waals surface area (Å²) in [5, 5.41) is 12.4. The minimum atomic E-state index is -0.227. The van der Waals surface area contributed by atoms with Crippen molar-refractivity contribution in [2.75, 3.05) is 11.9 Å². The molecule has 0 aliphatic heterocycles. The number of H-pyrrole nitrogens is 1. The standard InChI is InChI=1S/C15H16N6O/c22-15(17-8-10-21-9-7-16-11-21)19-13-3-1-12(2-4-13)14-5-6-18-20-14/h1-7,9,11H,8,10H2,(H,18,20)(H2,17,19,22). The van der Waals surface area contributed by atoms with E-state index in [0.29, 0.717) is 13.1 Å². The Morgan fingerprint density at radius 2 is 2.05 bits per heavy atom. The molecule has 3 N–H and O–H groups in total. The molecule has 22 heavy (non-hydrogen) atoms. The molecule has 0 aliphatic rings. The number of hydrogen-bond donors (Lipinski definition) is 3. The highest BCUT2D eigenvalue weighted by molar-refractivity contribution is 5.89. The zero-order valence-electron chi connectivity index (χ0n) is 11.9. The molecule has 0 radical (unpaired) electrons. The fourth-order valence-corrected chi connectivity index (χ4v) is 2.04. The molecular formula is C15H16N6O. The number of anilines is 1. The Balaban J connectivity index is 1.49. The van der Waals surface area contributed by atoms with Gasteiger partial charge in [-0.3, -0.25) is 5.10 Å². The second kappa shape index (κ2) is 6.57. The Bertz CT molecular complexity index is 703. The van der Waals surface area contributed by atoms with Gasteiger partial charge in [0.25, 0.3) is 0 Å². The van der Waals surface area contributed by atoms with Gasteiger partial charge in [0.05, 0.1) is 12.0 Å². The molecule has 2 amide bonds. The van der Waals surface area contributed by atoms with Gasteiger partial charge < -0.3 is 15.2 Å². The minimum absolute atomic E-state index is 0.227. The Morgan fingerprint density at radius 3 is 2.73 bits per heavy atom. The summed E-state index contributed by atoms with van der Waals surface area (Å²) in [6, 6.07) is 9.22. The molecule has 3 rings (SSSR count). The van der Waals surface area contributed by atoms with Crippen molar-refractivity contribution in [1.82, 2.24) is 25.1 Å². The van der Waals surface area contributed by atoms with Crippen LogP contribution in [0.5, 0.6) is 0 Å². The molecule has 0 atom stereocenters. The van der Waals surface area contributed by atoms with Crippen LogP contribution in [0.3, 0.4) is 0 Å². The van der Waals surface area contributed by atoms with Crippen molar-refractivity contribution in [2.45, 2.75) is 6.54 Å². The highest BCUT2D eigenvalue weighted by Crippen LogP contribution is 2.18. The lowest BCUT2D eigenvalue weighted by Gasteiger charge is -2.08. The fourth-order valence-electron chi connectivity index (χ4n) is 2.04. The van der Waals surface area contributed by atoms with Gasteiger partial charge in [0, 0.05) is 37.4 Å². The Morgan fingerprint density at radius 1 is 1.18 bits per heavy atom. The lowest BCUT2D eigenvalue weighted by atomic mass is 10.1. The van der Waals surface area contributed by atoms with Gasteiger partial charge in [-0.15, -0.1) is 0 Å². The molecule has 112 valence electrons. The summed E-state index contributed by atoms with van der Waals surface area (Å²) in [4.78, 5) is 15.7.